The minimum Gasteiger partial charge on any atom is -0.436 e. The molecular formula is C38H51N7O7. The van der Waals surface area contributed by atoms with Crippen molar-refractivity contribution in [3.05, 3.63) is 63.6 Å². The molecule has 1 unspecified atom stereocenters. The number of amides is 4. The Hall–Kier alpha value is -4.40. The number of piperazine rings is 1. The van der Waals surface area contributed by atoms with E-state index in [1.807, 2.05) is 47.1 Å². The van der Waals surface area contributed by atoms with Crippen molar-refractivity contribution in [3.63, 3.8) is 0 Å². The molecule has 0 bridgehead atoms. The quantitative estimate of drug-likeness (QED) is 0.360. The summed E-state index contributed by atoms with van der Waals surface area (Å²) in [5, 5.41) is 12.3. The number of fused-ring (bicyclic) bond motifs is 2. The Kier molecular flexibility index (Phi) is 10.9. The topological polar surface area (TPSA) is 144 Å². The van der Waals surface area contributed by atoms with Crippen LogP contribution >= 0.6 is 0 Å². The molecule has 3 aromatic rings. The molecule has 52 heavy (non-hydrogen) atoms. The standard InChI is InChI=1S/C38H51N7O7/c1-26-23-27(24-32-34(26)40(2)37(49)51-32)25-33(35(47)43-12-8-29(9-13-43)42-19-17-41(18-20-42)21-22-46)52-38(50)44-14-10-30(11-15-44)45-16-7-28-5-3-4-6-31(28)39-36(45)48/h3-6,23-24,29-30,33,46H,7-22,25H2,1-2H3,(H,39,48). The highest BCUT2D eigenvalue weighted by atomic mass is 16.6. The van der Waals surface area contributed by atoms with E-state index >= 15 is 0 Å². The highest BCUT2D eigenvalue weighted by Gasteiger charge is 2.36. The molecule has 4 aliphatic rings. The van der Waals surface area contributed by atoms with Gasteiger partial charge >= 0.3 is 17.9 Å². The lowest BCUT2D eigenvalue weighted by Crippen LogP contribution is -2.55. The van der Waals surface area contributed by atoms with Gasteiger partial charge in [0.2, 0.25) is 0 Å². The molecule has 280 valence electrons. The van der Waals surface area contributed by atoms with Crippen LogP contribution in [0.1, 0.15) is 42.4 Å². The van der Waals surface area contributed by atoms with Crippen molar-refractivity contribution in [3.8, 4) is 0 Å². The van der Waals surface area contributed by atoms with Crippen molar-refractivity contribution in [1.29, 1.82) is 0 Å². The van der Waals surface area contributed by atoms with Crippen LogP contribution in [-0.4, -0.2) is 142 Å². The number of benzene rings is 2. The van der Waals surface area contributed by atoms with E-state index in [9.17, 15) is 24.3 Å². The number of carbonyl (C=O) groups is 3. The van der Waals surface area contributed by atoms with Crippen molar-refractivity contribution in [1.82, 2.24) is 29.1 Å². The van der Waals surface area contributed by atoms with Gasteiger partial charge in [0.05, 0.1) is 12.1 Å². The van der Waals surface area contributed by atoms with Crippen LogP contribution in [0.4, 0.5) is 15.3 Å². The minimum absolute atomic E-state index is 0.00928. The fourth-order valence-corrected chi connectivity index (χ4v) is 8.53. The molecule has 2 aromatic carbocycles. The first-order chi connectivity index (χ1) is 25.2. The number of aliphatic hydroxyl groups is 1. The number of aliphatic hydroxyl groups excluding tert-OH is 1. The first-order valence-corrected chi connectivity index (χ1v) is 18.7. The molecule has 0 aliphatic carbocycles. The molecular weight excluding hydrogens is 666 g/mol. The van der Waals surface area contributed by atoms with Crippen molar-refractivity contribution < 1.29 is 28.6 Å². The Labute approximate surface area is 303 Å². The van der Waals surface area contributed by atoms with E-state index < -0.39 is 18.0 Å². The first-order valence-electron chi connectivity index (χ1n) is 18.7. The summed E-state index contributed by atoms with van der Waals surface area (Å²) in [4.78, 5) is 63.5. The van der Waals surface area contributed by atoms with Gasteiger partial charge < -0.3 is 34.3 Å². The predicted molar refractivity (Wildman–Crippen MR) is 195 cm³/mol. The van der Waals surface area contributed by atoms with Gasteiger partial charge in [-0.15, -0.1) is 0 Å². The lowest BCUT2D eigenvalue weighted by atomic mass is 9.99. The van der Waals surface area contributed by atoms with E-state index in [4.69, 9.17) is 9.15 Å². The number of urea groups is 1. The number of hydrogen-bond donors (Lipinski definition) is 2. The summed E-state index contributed by atoms with van der Waals surface area (Å²) in [6, 6.07) is 11.8. The predicted octanol–water partition coefficient (Wildman–Crippen LogP) is 2.64. The van der Waals surface area contributed by atoms with Crippen LogP contribution in [0.5, 0.6) is 0 Å². The van der Waals surface area contributed by atoms with Gasteiger partial charge in [0.15, 0.2) is 11.7 Å². The zero-order chi connectivity index (χ0) is 36.4. The summed E-state index contributed by atoms with van der Waals surface area (Å²) in [6.45, 7) is 9.11. The van der Waals surface area contributed by atoms with Gasteiger partial charge in [-0.05, 0) is 67.9 Å². The van der Waals surface area contributed by atoms with Crippen LogP contribution in [0.15, 0.2) is 45.6 Å². The van der Waals surface area contributed by atoms with Gasteiger partial charge in [0, 0.05) is 96.7 Å². The number of ether oxygens (including phenoxy) is 1. The molecule has 1 atom stereocenters. The van der Waals surface area contributed by atoms with Crippen LogP contribution in [0.3, 0.4) is 0 Å². The molecule has 0 saturated carbocycles. The second kappa shape index (κ2) is 15.7. The molecule has 7 rings (SSSR count). The van der Waals surface area contributed by atoms with Crippen LogP contribution in [0.25, 0.3) is 11.1 Å². The van der Waals surface area contributed by atoms with Gasteiger partial charge in [-0.25, -0.2) is 14.4 Å². The molecule has 0 spiro atoms. The second-order valence-electron chi connectivity index (χ2n) is 14.7. The van der Waals surface area contributed by atoms with E-state index in [0.29, 0.717) is 69.3 Å². The molecule has 14 nitrogen and oxygen atoms in total. The van der Waals surface area contributed by atoms with E-state index in [2.05, 4.69) is 15.1 Å². The number of nitrogens with zero attached hydrogens (tertiary/aromatic N) is 6. The number of anilines is 1. The van der Waals surface area contributed by atoms with Gasteiger partial charge in [-0.1, -0.05) is 24.3 Å². The Morgan fingerprint density at radius 1 is 0.923 bits per heavy atom. The summed E-state index contributed by atoms with van der Waals surface area (Å²) < 4.78 is 13.0. The second-order valence-corrected chi connectivity index (χ2v) is 14.7. The summed E-state index contributed by atoms with van der Waals surface area (Å²) in [7, 11) is 1.66. The highest BCUT2D eigenvalue weighted by Crippen LogP contribution is 2.27. The van der Waals surface area contributed by atoms with Gasteiger partial charge in [-0.3, -0.25) is 19.2 Å². The van der Waals surface area contributed by atoms with Crippen molar-refractivity contribution in [2.75, 3.05) is 77.4 Å². The van der Waals surface area contributed by atoms with Crippen molar-refractivity contribution in [2.45, 2.75) is 63.6 Å². The number of rotatable bonds is 8. The molecule has 3 fully saturated rings. The third kappa shape index (κ3) is 7.69. The molecule has 5 heterocycles. The zero-order valence-electron chi connectivity index (χ0n) is 30.3. The molecule has 4 amide bonds. The largest absolute Gasteiger partial charge is 0.436 e. The lowest BCUT2D eigenvalue weighted by Gasteiger charge is -2.43. The molecule has 0 radical (unpaired) electrons. The van der Waals surface area contributed by atoms with Crippen LogP contribution in [-0.2, 0) is 29.4 Å². The number of hydrogen-bond acceptors (Lipinski definition) is 9. The Bertz CT molecular complexity index is 1820. The first kappa shape index (κ1) is 36.0. The number of β-amino-alcohol motifs (C(OH)–C–C–N with tert-alkyl or cyclic N) is 1. The number of carbonyl (C=O) groups excluding carboxylic acids is 3. The number of nitrogens with one attached hydrogen (secondary N) is 1. The zero-order valence-corrected chi connectivity index (χ0v) is 30.3. The minimum atomic E-state index is -1.05. The summed E-state index contributed by atoms with van der Waals surface area (Å²) in [5.74, 6) is -0.680. The van der Waals surface area contributed by atoms with Crippen LogP contribution in [0, 0.1) is 6.92 Å². The SMILES string of the molecule is Cc1cc(CC(OC(=O)N2CCC(N3CCc4ccccc4NC3=O)CC2)C(=O)N2CCC(N3CCN(CCO)CC3)CC2)cc2oc(=O)n(C)c12. The third-order valence-electron chi connectivity index (χ3n) is 11.5. The summed E-state index contributed by atoms with van der Waals surface area (Å²) >= 11 is 0. The normalized spacial score (nSPS) is 20.4. The number of aromatic nitrogens is 1. The number of aryl methyl sites for hydroxylation is 2. The number of para-hydroxylation sites is 1. The van der Waals surface area contributed by atoms with Gasteiger partial charge in [0.1, 0.15) is 0 Å². The molecule has 14 heteroatoms. The van der Waals surface area contributed by atoms with Crippen molar-refractivity contribution >= 4 is 34.8 Å². The third-order valence-corrected chi connectivity index (χ3v) is 11.5. The van der Waals surface area contributed by atoms with E-state index in [1.54, 1.807) is 18.0 Å². The average molecular weight is 718 g/mol. The van der Waals surface area contributed by atoms with Crippen molar-refractivity contribution in [2.24, 2.45) is 7.05 Å². The van der Waals surface area contributed by atoms with E-state index in [-0.39, 0.29) is 31.0 Å². The highest BCUT2D eigenvalue weighted by molar-refractivity contribution is 5.91. The summed E-state index contributed by atoms with van der Waals surface area (Å²) in [5.41, 5.74) is 4.66. The number of oxazole rings is 1. The average Bonchev–Trinajstić information content (AvgIpc) is 3.33. The van der Waals surface area contributed by atoms with Gasteiger partial charge in [-0.2, -0.15) is 0 Å². The maximum atomic E-state index is 14.2. The maximum Gasteiger partial charge on any atom is 0.419 e. The molecule has 1 aromatic heterocycles. The van der Waals surface area contributed by atoms with E-state index in [1.165, 1.54) is 4.57 Å². The van der Waals surface area contributed by atoms with Crippen LogP contribution < -0.4 is 11.1 Å². The Morgan fingerprint density at radius 3 is 2.35 bits per heavy atom. The van der Waals surface area contributed by atoms with Gasteiger partial charge in [0.25, 0.3) is 5.91 Å². The molecule has 3 saturated heterocycles. The summed E-state index contributed by atoms with van der Waals surface area (Å²) in [6.07, 6.45) is 2.24. The van der Waals surface area contributed by atoms with E-state index in [0.717, 1.165) is 67.8 Å². The van der Waals surface area contributed by atoms with Crippen LogP contribution in [0.2, 0.25) is 0 Å². The Morgan fingerprint density at radius 2 is 1.62 bits per heavy atom. The number of piperidine rings is 2. The monoisotopic (exact) mass is 717 g/mol. The fourth-order valence-electron chi connectivity index (χ4n) is 8.53. The Balaban J connectivity index is 1.01. The maximum absolute atomic E-state index is 14.2. The smallest absolute Gasteiger partial charge is 0.419 e. The fraction of sp³-hybridized carbons (Fsp3) is 0.579. The molecule has 4 aliphatic heterocycles. The molecule has 2 N–H and O–H groups in total. The number of likely N-dealkylation sites (tertiary alicyclic amines) is 2. The lowest BCUT2D eigenvalue weighted by molar-refractivity contribution is -0.142.